The summed E-state index contributed by atoms with van der Waals surface area (Å²) in [6.07, 6.45) is 3.12. The summed E-state index contributed by atoms with van der Waals surface area (Å²) in [5, 5.41) is 9.51. The van der Waals surface area contributed by atoms with E-state index < -0.39 is 0 Å². The maximum Gasteiger partial charge on any atom is 0.0513 e. The Morgan fingerprint density at radius 1 is 0.944 bits per heavy atom. The molecule has 1 unspecified atom stereocenters. The van der Waals surface area contributed by atoms with E-state index in [2.05, 4.69) is 27.7 Å². The summed E-state index contributed by atoms with van der Waals surface area (Å²) >= 11 is 0. The molecule has 0 rings (SSSR count). The molecule has 0 aliphatic carbocycles. The van der Waals surface area contributed by atoms with E-state index in [0.29, 0.717) is 5.92 Å². The molecule has 0 amide bonds. The third-order valence-electron chi connectivity index (χ3n) is 3.40. The van der Waals surface area contributed by atoms with E-state index in [9.17, 15) is 5.11 Å². The van der Waals surface area contributed by atoms with Crippen LogP contribution in [0.2, 0.25) is 0 Å². The van der Waals surface area contributed by atoms with Crippen LogP contribution < -0.4 is 0 Å². The Morgan fingerprint density at radius 3 is 1.89 bits per heavy atom. The zero-order chi connectivity index (χ0) is 14.2. The average Bonchev–Trinajstić information content (AvgIpc) is 2.24. The maximum atomic E-state index is 9.51. The number of aliphatic hydroxyl groups is 1. The molecule has 0 fully saturated rings. The predicted octanol–water partition coefficient (Wildman–Crippen LogP) is 3.11. The first-order chi connectivity index (χ1) is 8.26. The number of methoxy groups -OCH3 is 2. The molecule has 0 radical (unpaired) electrons. The van der Waals surface area contributed by atoms with Crippen LogP contribution in [-0.2, 0) is 9.47 Å². The summed E-state index contributed by atoms with van der Waals surface area (Å²) in [5.74, 6) is 0.353. The standard InChI is InChI=1S/C15H32O3/c1-14(2,11-17-5)8-7-13(10-16)9-15(3,4)12-18-6/h13,16H,7-12H2,1-6H3. The summed E-state index contributed by atoms with van der Waals surface area (Å²) < 4.78 is 10.5. The van der Waals surface area contributed by atoms with Crippen molar-refractivity contribution in [1.29, 1.82) is 0 Å². The van der Waals surface area contributed by atoms with Crippen LogP contribution in [0.1, 0.15) is 47.0 Å². The lowest BCUT2D eigenvalue weighted by Crippen LogP contribution is -2.26. The van der Waals surface area contributed by atoms with E-state index in [-0.39, 0.29) is 17.4 Å². The molecular formula is C15H32O3. The first-order valence-electron chi connectivity index (χ1n) is 6.85. The van der Waals surface area contributed by atoms with Crippen LogP contribution in [0.3, 0.4) is 0 Å². The lowest BCUT2D eigenvalue weighted by Gasteiger charge is -2.31. The van der Waals surface area contributed by atoms with Gasteiger partial charge in [-0.25, -0.2) is 0 Å². The fourth-order valence-electron chi connectivity index (χ4n) is 2.55. The van der Waals surface area contributed by atoms with Crippen LogP contribution in [0.4, 0.5) is 0 Å². The average molecular weight is 260 g/mol. The van der Waals surface area contributed by atoms with E-state index in [1.807, 2.05) is 0 Å². The minimum atomic E-state index is 0.132. The van der Waals surface area contributed by atoms with Crippen LogP contribution in [0.15, 0.2) is 0 Å². The summed E-state index contributed by atoms with van der Waals surface area (Å²) in [6.45, 7) is 10.6. The van der Waals surface area contributed by atoms with Gasteiger partial charge in [-0.05, 0) is 36.0 Å². The van der Waals surface area contributed by atoms with Gasteiger partial charge in [0.25, 0.3) is 0 Å². The summed E-state index contributed by atoms with van der Waals surface area (Å²) in [5.41, 5.74) is 0.321. The van der Waals surface area contributed by atoms with E-state index in [4.69, 9.17) is 9.47 Å². The van der Waals surface area contributed by atoms with Gasteiger partial charge in [-0.2, -0.15) is 0 Å². The van der Waals surface area contributed by atoms with E-state index in [0.717, 1.165) is 32.5 Å². The molecule has 0 aromatic carbocycles. The number of rotatable bonds is 10. The third kappa shape index (κ3) is 8.06. The molecule has 18 heavy (non-hydrogen) atoms. The lowest BCUT2D eigenvalue weighted by molar-refractivity contribution is 0.0586. The molecule has 0 aromatic heterocycles. The second-order valence-electron chi connectivity index (χ2n) is 6.99. The molecule has 110 valence electrons. The smallest absolute Gasteiger partial charge is 0.0513 e. The summed E-state index contributed by atoms with van der Waals surface area (Å²) in [4.78, 5) is 0. The van der Waals surface area contributed by atoms with E-state index >= 15 is 0 Å². The second kappa shape index (κ2) is 8.13. The van der Waals surface area contributed by atoms with Gasteiger partial charge >= 0.3 is 0 Å². The van der Waals surface area contributed by atoms with Crippen LogP contribution in [0, 0.1) is 16.7 Å². The van der Waals surface area contributed by atoms with Gasteiger partial charge in [0.05, 0.1) is 13.2 Å². The molecule has 0 aliphatic heterocycles. The van der Waals surface area contributed by atoms with Crippen LogP contribution in [0.25, 0.3) is 0 Å². The van der Waals surface area contributed by atoms with Crippen molar-refractivity contribution >= 4 is 0 Å². The van der Waals surface area contributed by atoms with Crippen LogP contribution >= 0.6 is 0 Å². The third-order valence-corrected chi connectivity index (χ3v) is 3.40. The molecular weight excluding hydrogens is 228 g/mol. The first kappa shape index (κ1) is 17.9. The fourth-order valence-corrected chi connectivity index (χ4v) is 2.55. The van der Waals surface area contributed by atoms with Gasteiger partial charge in [0.2, 0.25) is 0 Å². The zero-order valence-corrected chi connectivity index (χ0v) is 13.1. The molecule has 0 bridgehead atoms. The highest BCUT2D eigenvalue weighted by Gasteiger charge is 2.25. The van der Waals surface area contributed by atoms with Crippen molar-refractivity contribution in [1.82, 2.24) is 0 Å². The van der Waals surface area contributed by atoms with Crippen molar-refractivity contribution in [3.63, 3.8) is 0 Å². The van der Waals surface area contributed by atoms with E-state index in [1.54, 1.807) is 14.2 Å². The number of hydrogen-bond donors (Lipinski definition) is 1. The Morgan fingerprint density at radius 2 is 1.44 bits per heavy atom. The van der Waals surface area contributed by atoms with Crippen molar-refractivity contribution in [2.45, 2.75) is 47.0 Å². The van der Waals surface area contributed by atoms with Crippen LogP contribution in [0.5, 0.6) is 0 Å². The van der Waals surface area contributed by atoms with Gasteiger partial charge in [-0.3, -0.25) is 0 Å². The van der Waals surface area contributed by atoms with E-state index in [1.165, 1.54) is 0 Å². The minimum absolute atomic E-state index is 0.132. The van der Waals surface area contributed by atoms with Crippen molar-refractivity contribution in [3.8, 4) is 0 Å². The highest BCUT2D eigenvalue weighted by atomic mass is 16.5. The zero-order valence-electron chi connectivity index (χ0n) is 13.1. The highest BCUT2D eigenvalue weighted by molar-refractivity contribution is 4.76. The Kier molecular flexibility index (Phi) is 8.08. The van der Waals surface area contributed by atoms with Crippen molar-refractivity contribution in [2.75, 3.05) is 34.0 Å². The molecule has 0 aliphatic rings. The maximum absolute atomic E-state index is 9.51. The van der Waals surface area contributed by atoms with Crippen molar-refractivity contribution < 1.29 is 14.6 Å². The van der Waals surface area contributed by atoms with Crippen LogP contribution in [-0.4, -0.2) is 39.1 Å². The van der Waals surface area contributed by atoms with Gasteiger partial charge in [0.15, 0.2) is 0 Å². The normalized spacial score (nSPS) is 14.8. The minimum Gasteiger partial charge on any atom is -0.396 e. The topological polar surface area (TPSA) is 38.7 Å². The van der Waals surface area contributed by atoms with Gasteiger partial charge in [0.1, 0.15) is 0 Å². The summed E-state index contributed by atoms with van der Waals surface area (Å²) in [6, 6.07) is 0. The summed E-state index contributed by atoms with van der Waals surface area (Å²) in [7, 11) is 3.48. The molecule has 0 saturated heterocycles. The Bertz CT molecular complexity index is 212. The molecule has 0 heterocycles. The molecule has 3 nitrogen and oxygen atoms in total. The lowest BCUT2D eigenvalue weighted by atomic mass is 9.78. The largest absolute Gasteiger partial charge is 0.396 e. The Hall–Kier alpha value is -0.120. The molecule has 0 aromatic rings. The predicted molar refractivity (Wildman–Crippen MR) is 75.7 cm³/mol. The molecule has 0 spiro atoms. The van der Waals surface area contributed by atoms with Gasteiger partial charge in [-0.1, -0.05) is 27.7 Å². The van der Waals surface area contributed by atoms with Gasteiger partial charge in [-0.15, -0.1) is 0 Å². The molecule has 1 atom stereocenters. The quantitative estimate of drug-likeness (QED) is 0.656. The Labute approximate surface area is 113 Å². The SMILES string of the molecule is COCC(C)(C)CCC(CO)CC(C)(C)COC. The van der Waals surface area contributed by atoms with Crippen molar-refractivity contribution in [2.24, 2.45) is 16.7 Å². The number of ether oxygens (including phenoxy) is 2. The van der Waals surface area contributed by atoms with Gasteiger partial charge in [0, 0.05) is 20.8 Å². The number of aliphatic hydroxyl groups excluding tert-OH is 1. The molecule has 3 heteroatoms. The number of hydrogen-bond acceptors (Lipinski definition) is 3. The first-order valence-corrected chi connectivity index (χ1v) is 6.85. The monoisotopic (exact) mass is 260 g/mol. The molecule has 0 saturated carbocycles. The fraction of sp³-hybridized carbons (Fsp3) is 1.00. The van der Waals surface area contributed by atoms with Gasteiger partial charge < -0.3 is 14.6 Å². The van der Waals surface area contributed by atoms with Crippen molar-refractivity contribution in [3.05, 3.63) is 0 Å². The second-order valence-corrected chi connectivity index (χ2v) is 6.99. The Balaban J connectivity index is 4.19. The highest BCUT2D eigenvalue weighted by Crippen LogP contribution is 2.31. The molecule has 1 N–H and O–H groups in total.